The molecule has 0 spiro atoms. The number of aromatic nitrogens is 1. The van der Waals surface area contributed by atoms with Crippen molar-refractivity contribution in [2.45, 2.75) is 0 Å². The van der Waals surface area contributed by atoms with Crippen molar-refractivity contribution in [3.8, 4) is 9.88 Å². The molecule has 27 heavy (non-hydrogen) atoms. The van der Waals surface area contributed by atoms with E-state index in [2.05, 4.69) is 15.6 Å². The van der Waals surface area contributed by atoms with Crippen LogP contribution in [0.25, 0.3) is 20.1 Å². The summed E-state index contributed by atoms with van der Waals surface area (Å²) in [6.07, 6.45) is 1.44. The highest BCUT2D eigenvalue weighted by Gasteiger charge is 2.13. The fraction of sp³-hybridized carbons (Fsp3) is 0.105. The lowest BCUT2D eigenvalue weighted by atomic mass is 10.3. The van der Waals surface area contributed by atoms with Crippen LogP contribution >= 0.6 is 22.7 Å². The molecule has 0 radical (unpaired) electrons. The zero-order valence-corrected chi connectivity index (χ0v) is 15.7. The molecule has 0 aliphatic heterocycles. The maximum Gasteiger partial charge on any atom is 0.287 e. The highest BCUT2D eigenvalue weighted by atomic mass is 32.1. The van der Waals surface area contributed by atoms with E-state index in [0.29, 0.717) is 18.0 Å². The standard InChI is InChI=1S/C19H15N3O3S2/c23-17(13-5-3-11-25-13)20-9-10-21-18(24)15-7-8-16(26-15)19-22-12-4-1-2-6-14(12)27-19/h1-8,11H,9-10H2,(H,20,23)(H,21,24). The van der Waals surface area contributed by atoms with Crippen molar-refractivity contribution in [1.29, 1.82) is 0 Å². The van der Waals surface area contributed by atoms with E-state index in [0.717, 1.165) is 20.1 Å². The van der Waals surface area contributed by atoms with Gasteiger partial charge in [-0.1, -0.05) is 12.1 Å². The van der Waals surface area contributed by atoms with E-state index in [1.807, 2.05) is 30.3 Å². The van der Waals surface area contributed by atoms with Gasteiger partial charge in [-0.3, -0.25) is 9.59 Å². The van der Waals surface area contributed by atoms with Crippen molar-refractivity contribution in [3.05, 3.63) is 65.4 Å². The quantitative estimate of drug-likeness (QED) is 0.485. The maximum absolute atomic E-state index is 12.3. The number of rotatable bonds is 6. The minimum Gasteiger partial charge on any atom is -0.459 e. The van der Waals surface area contributed by atoms with Gasteiger partial charge in [-0.2, -0.15) is 0 Å². The Labute approximate surface area is 162 Å². The van der Waals surface area contributed by atoms with Gasteiger partial charge in [-0.15, -0.1) is 22.7 Å². The molecule has 0 unspecified atom stereocenters. The van der Waals surface area contributed by atoms with Crippen molar-refractivity contribution in [2.75, 3.05) is 13.1 Å². The molecule has 0 saturated carbocycles. The number of nitrogens with zero attached hydrogens (tertiary/aromatic N) is 1. The monoisotopic (exact) mass is 397 g/mol. The average molecular weight is 397 g/mol. The second kappa shape index (κ2) is 7.73. The number of amides is 2. The molecule has 0 aliphatic carbocycles. The predicted octanol–water partition coefficient (Wildman–Crippen LogP) is 3.78. The van der Waals surface area contributed by atoms with Crippen molar-refractivity contribution >= 4 is 44.7 Å². The molecule has 4 rings (SSSR count). The molecule has 6 nitrogen and oxygen atoms in total. The number of fused-ring (bicyclic) bond motifs is 1. The van der Waals surface area contributed by atoms with E-state index in [4.69, 9.17) is 4.42 Å². The number of furan rings is 1. The molecule has 0 atom stereocenters. The number of hydrogen-bond donors (Lipinski definition) is 2. The number of benzene rings is 1. The van der Waals surface area contributed by atoms with Gasteiger partial charge in [-0.05, 0) is 36.4 Å². The van der Waals surface area contributed by atoms with Gasteiger partial charge in [0.2, 0.25) is 0 Å². The van der Waals surface area contributed by atoms with Gasteiger partial charge in [0, 0.05) is 13.1 Å². The maximum atomic E-state index is 12.3. The average Bonchev–Trinajstić information content (AvgIpc) is 3.43. The SMILES string of the molecule is O=C(NCCNC(=O)c1ccc(-c2nc3ccccc3s2)s1)c1ccco1. The molecule has 8 heteroatoms. The third-order valence-electron chi connectivity index (χ3n) is 3.78. The second-order valence-corrected chi connectivity index (χ2v) is 7.75. The van der Waals surface area contributed by atoms with E-state index < -0.39 is 0 Å². The summed E-state index contributed by atoms with van der Waals surface area (Å²) in [6, 6.07) is 14.9. The van der Waals surface area contributed by atoms with Crippen LogP contribution < -0.4 is 10.6 Å². The summed E-state index contributed by atoms with van der Waals surface area (Å²) in [6.45, 7) is 0.654. The summed E-state index contributed by atoms with van der Waals surface area (Å²) in [5.74, 6) is -0.219. The Balaban J connectivity index is 1.32. The van der Waals surface area contributed by atoms with E-state index >= 15 is 0 Å². The lowest BCUT2D eigenvalue weighted by Crippen LogP contribution is -2.34. The summed E-state index contributed by atoms with van der Waals surface area (Å²) in [5.41, 5.74) is 0.962. The van der Waals surface area contributed by atoms with Crippen LogP contribution in [0.3, 0.4) is 0 Å². The van der Waals surface area contributed by atoms with Crippen molar-refractivity contribution < 1.29 is 14.0 Å². The van der Waals surface area contributed by atoms with Crippen LogP contribution in [0.5, 0.6) is 0 Å². The number of thiazole rings is 1. The van der Waals surface area contributed by atoms with Crippen LogP contribution in [-0.4, -0.2) is 29.9 Å². The highest BCUT2D eigenvalue weighted by Crippen LogP contribution is 2.34. The van der Waals surface area contributed by atoms with E-state index in [9.17, 15) is 9.59 Å². The Morgan fingerprint density at radius 1 is 0.926 bits per heavy atom. The smallest absolute Gasteiger partial charge is 0.287 e. The second-order valence-electron chi connectivity index (χ2n) is 5.64. The molecular weight excluding hydrogens is 382 g/mol. The molecule has 136 valence electrons. The largest absolute Gasteiger partial charge is 0.459 e. The van der Waals surface area contributed by atoms with Crippen LogP contribution in [0.4, 0.5) is 0 Å². The Bertz CT molecular complexity index is 1050. The first-order chi connectivity index (χ1) is 13.2. The number of carbonyl (C=O) groups excluding carboxylic acids is 2. The van der Waals surface area contributed by atoms with Gasteiger partial charge in [0.25, 0.3) is 11.8 Å². The Hall–Kier alpha value is -2.97. The van der Waals surface area contributed by atoms with E-state index in [1.54, 1.807) is 29.5 Å². The molecular formula is C19H15N3O3S2. The summed E-state index contributed by atoms with van der Waals surface area (Å²) in [5, 5.41) is 6.39. The minimum absolute atomic E-state index is 0.167. The number of para-hydroxylation sites is 1. The summed E-state index contributed by atoms with van der Waals surface area (Å²) in [7, 11) is 0. The normalized spacial score (nSPS) is 10.8. The molecule has 2 amide bonds. The van der Waals surface area contributed by atoms with Crippen LogP contribution in [0.2, 0.25) is 0 Å². The Morgan fingerprint density at radius 3 is 2.52 bits per heavy atom. The molecule has 0 saturated heterocycles. The highest BCUT2D eigenvalue weighted by molar-refractivity contribution is 7.26. The summed E-state index contributed by atoms with van der Waals surface area (Å²) < 4.78 is 6.13. The Kier molecular flexibility index (Phi) is 4.99. The molecule has 3 heterocycles. The Morgan fingerprint density at radius 2 is 1.74 bits per heavy atom. The fourth-order valence-corrected chi connectivity index (χ4v) is 4.43. The van der Waals surface area contributed by atoms with Crippen LogP contribution in [0.1, 0.15) is 20.2 Å². The third kappa shape index (κ3) is 3.91. The molecule has 4 aromatic rings. The number of thiophene rings is 1. The zero-order chi connectivity index (χ0) is 18.6. The summed E-state index contributed by atoms with van der Waals surface area (Å²) in [4.78, 5) is 30.2. The molecule has 3 aromatic heterocycles. The molecule has 0 fully saturated rings. The zero-order valence-electron chi connectivity index (χ0n) is 14.1. The van der Waals surface area contributed by atoms with Crippen LogP contribution in [0.15, 0.2) is 59.2 Å². The van der Waals surface area contributed by atoms with Gasteiger partial charge < -0.3 is 15.1 Å². The van der Waals surface area contributed by atoms with Crippen LogP contribution in [0, 0.1) is 0 Å². The van der Waals surface area contributed by atoms with Gasteiger partial charge in [0.15, 0.2) is 5.76 Å². The van der Waals surface area contributed by atoms with Gasteiger partial charge in [0.05, 0.1) is 26.2 Å². The number of carbonyl (C=O) groups is 2. The fourth-order valence-electron chi connectivity index (χ4n) is 2.49. The van der Waals surface area contributed by atoms with Crippen LogP contribution in [-0.2, 0) is 0 Å². The van der Waals surface area contributed by atoms with Gasteiger partial charge in [0.1, 0.15) is 5.01 Å². The molecule has 1 aromatic carbocycles. The van der Waals surface area contributed by atoms with Gasteiger partial charge >= 0.3 is 0 Å². The minimum atomic E-state index is -0.302. The lowest BCUT2D eigenvalue weighted by Gasteiger charge is -2.04. The van der Waals surface area contributed by atoms with E-state index in [-0.39, 0.29) is 17.6 Å². The van der Waals surface area contributed by atoms with E-state index in [1.165, 1.54) is 17.6 Å². The topological polar surface area (TPSA) is 84.2 Å². The lowest BCUT2D eigenvalue weighted by molar-refractivity contribution is 0.0911. The third-order valence-corrected chi connectivity index (χ3v) is 6.07. The van der Waals surface area contributed by atoms with Crippen molar-refractivity contribution in [1.82, 2.24) is 15.6 Å². The van der Waals surface area contributed by atoms with Crippen molar-refractivity contribution in [2.24, 2.45) is 0 Å². The first-order valence-electron chi connectivity index (χ1n) is 8.26. The van der Waals surface area contributed by atoms with Gasteiger partial charge in [-0.25, -0.2) is 4.98 Å². The number of hydrogen-bond acceptors (Lipinski definition) is 6. The molecule has 2 N–H and O–H groups in total. The molecule has 0 aliphatic rings. The number of nitrogens with one attached hydrogen (secondary N) is 2. The first-order valence-corrected chi connectivity index (χ1v) is 9.90. The van der Waals surface area contributed by atoms with Crippen molar-refractivity contribution in [3.63, 3.8) is 0 Å². The predicted molar refractivity (Wildman–Crippen MR) is 106 cm³/mol. The summed E-state index contributed by atoms with van der Waals surface area (Å²) >= 11 is 3.02. The first kappa shape index (κ1) is 17.4. The molecule has 0 bridgehead atoms.